The van der Waals surface area contributed by atoms with Gasteiger partial charge < -0.3 is 9.13 Å². The van der Waals surface area contributed by atoms with Crippen LogP contribution in [-0.4, -0.2) is 19.3 Å². The number of fused-ring (bicyclic) bond motifs is 1. The third-order valence-corrected chi connectivity index (χ3v) is 3.09. The average molecular weight is 247 g/mol. The minimum absolute atomic E-state index is 0.710. The Labute approximate surface area is 103 Å². The van der Waals surface area contributed by atoms with Crippen molar-refractivity contribution in [1.29, 1.82) is 0 Å². The van der Waals surface area contributed by atoms with Crippen LogP contribution in [0.2, 0.25) is 5.02 Å². The maximum absolute atomic E-state index is 5.96. The zero-order chi connectivity index (χ0) is 11.8. The van der Waals surface area contributed by atoms with E-state index in [4.69, 9.17) is 11.6 Å². The van der Waals surface area contributed by atoms with E-state index >= 15 is 0 Å². The smallest absolute Gasteiger partial charge is 0.152 e. The zero-order valence-electron chi connectivity index (χ0n) is 9.34. The van der Waals surface area contributed by atoms with Gasteiger partial charge in [-0.25, -0.2) is 0 Å². The first-order valence-electron chi connectivity index (χ1n) is 5.31. The van der Waals surface area contributed by atoms with Gasteiger partial charge in [0.05, 0.1) is 6.54 Å². The van der Waals surface area contributed by atoms with E-state index in [0.717, 1.165) is 21.7 Å². The molecule has 0 fully saturated rings. The SMILES string of the molecule is Cn1cnnc1Cn1ccc2cc(Cl)ccc21. The molecule has 0 spiro atoms. The molecule has 3 aromatic rings. The molecule has 86 valence electrons. The summed E-state index contributed by atoms with van der Waals surface area (Å²) in [6, 6.07) is 7.94. The number of nitrogens with zero attached hydrogens (tertiary/aromatic N) is 4. The van der Waals surface area contributed by atoms with Crippen LogP contribution in [0, 0.1) is 0 Å². The third kappa shape index (κ3) is 1.80. The summed E-state index contributed by atoms with van der Waals surface area (Å²) in [6.07, 6.45) is 3.74. The van der Waals surface area contributed by atoms with E-state index < -0.39 is 0 Å². The molecule has 17 heavy (non-hydrogen) atoms. The van der Waals surface area contributed by atoms with Crippen LogP contribution in [0.1, 0.15) is 5.82 Å². The second kappa shape index (κ2) is 3.89. The van der Waals surface area contributed by atoms with Crippen LogP contribution in [0.25, 0.3) is 10.9 Å². The normalized spacial score (nSPS) is 11.2. The van der Waals surface area contributed by atoms with Crippen molar-refractivity contribution in [1.82, 2.24) is 19.3 Å². The first-order valence-corrected chi connectivity index (χ1v) is 5.69. The molecule has 0 aliphatic heterocycles. The Morgan fingerprint density at radius 2 is 2.18 bits per heavy atom. The summed E-state index contributed by atoms with van der Waals surface area (Å²) >= 11 is 5.96. The highest BCUT2D eigenvalue weighted by molar-refractivity contribution is 6.31. The molecule has 0 bridgehead atoms. The van der Waals surface area contributed by atoms with Gasteiger partial charge in [-0.2, -0.15) is 0 Å². The van der Waals surface area contributed by atoms with E-state index in [2.05, 4.69) is 20.8 Å². The molecule has 0 amide bonds. The Balaban J connectivity index is 2.04. The predicted octanol–water partition coefficient (Wildman–Crippen LogP) is 2.47. The highest BCUT2D eigenvalue weighted by atomic mass is 35.5. The average Bonchev–Trinajstić information content (AvgIpc) is 2.87. The monoisotopic (exact) mass is 246 g/mol. The van der Waals surface area contributed by atoms with Crippen LogP contribution >= 0.6 is 11.6 Å². The van der Waals surface area contributed by atoms with Crippen molar-refractivity contribution < 1.29 is 0 Å². The number of hydrogen-bond donors (Lipinski definition) is 0. The first-order chi connectivity index (χ1) is 8.24. The molecule has 0 saturated heterocycles. The molecule has 0 N–H and O–H groups in total. The van der Waals surface area contributed by atoms with E-state index in [1.54, 1.807) is 6.33 Å². The zero-order valence-corrected chi connectivity index (χ0v) is 10.1. The molecule has 0 unspecified atom stereocenters. The lowest BCUT2D eigenvalue weighted by Gasteiger charge is -2.04. The minimum Gasteiger partial charge on any atom is -0.340 e. The number of aromatic nitrogens is 4. The van der Waals surface area contributed by atoms with E-state index in [0.29, 0.717) is 6.54 Å². The van der Waals surface area contributed by atoms with Crippen LogP contribution in [0.15, 0.2) is 36.8 Å². The second-order valence-electron chi connectivity index (χ2n) is 4.00. The fourth-order valence-electron chi connectivity index (χ4n) is 1.91. The molecule has 0 radical (unpaired) electrons. The lowest BCUT2D eigenvalue weighted by atomic mass is 10.2. The van der Waals surface area contributed by atoms with Gasteiger partial charge in [0.25, 0.3) is 0 Å². The van der Waals surface area contributed by atoms with E-state index in [-0.39, 0.29) is 0 Å². The van der Waals surface area contributed by atoms with Crippen molar-refractivity contribution in [3.8, 4) is 0 Å². The quantitative estimate of drug-likeness (QED) is 0.696. The Morgan fingerprint density at radius 1 is 1.29 bits per heavy atom. The molecule has 0 saturated carbocycles. The van der Waals surface area contributed by atoms with Gasteiger partial charge >= 0.3 is 0 Å². The summed E-state index contributed by atoms with van der Waals surface area (Å²) in [5, 5.41) is 9.85. The van der Waals surface area contributed by atoms with Gasteiger partial charge in [0.2, 0.25) is 0 Å². The van der Waals surface area contributed by atoms with E-state index in [1.807, 2.05) is 36.0 Å². The van der Waals surface area contributed by atoms with Crippen molar-refractivity contribution >= 4 is 22.5 Å². The van der Waals surface area contributed by atoms with Crippen molar-refractivity contribution in [3.05, 3.63) is 47.6 Å². The third-order valence-electron chi connectivity index (χ3n) is 2.85. The van der Waals surface area contributed by atoms with Crippen molar-refractivity contribution in [3.63, 3.8) is 0 Å². The van der Waals surface area contributed by atoms with Gasteiger partial charge in [0.1, 0.15) is 6.33 Å². The van der Waals surface area contributed by atoms with Crippen LogP contribution < -0.4 is 0 Å². The number of halogens is 1. The lowest BCUT2D eigenvalue weighted by Crippen LogP contribution is -2.04. The molecule has 2 heterocycles. The largest absolute Gasteiger partial charge is 0.340 e. The Kier molecular flexibility index (Phi) is 2.37. The van der Waals surface area contributed by atoms with E-state index in [1.165, 1.54) is 0 Å². The number of rotatable bonds is 2. The minimum atomic E-state index is 0.710. The molecular weight excluding hydrogens is 236 g/mol. The van der Waals surface area contributed by atoms with Crippen LogP contribution in [0.3, 0.4) is 0 Å². The molecule has 0 aliphatic rings. The van der Waals surface area contributed by atoms with Crippen LogP contribution in [-0.2, 0) is 13.6 Å². The molecule has 4 nitrogen and oxygen atoms in total. The molecule has 0 aliphatic carbocycles. The summed E-state index contributed by atoms with van der Waals surface area (Å²) < 4.78 is 4.05. The topological polar surface area (TPSA) is 35.6 Å². The van der Waals surface area contributed by atoms with Gasteiger partial charge in [-0.3, -0.25) is 0 Å². The molecule has 3 rings (SSSR count). The summed E-state index contributed by atoms with van der Waals surface area (Å²) in [5.41, 5.74) is 1.15. The molecular formula is C12H11ClN4. The standard InChI is InChI=1S/C12H11ClN4/c1-16-8-14-15-12(16)7-17-5-4-9-6-10(13)2-3-11(9)17/h2-6,8H,7H2,1H3. The highest BCUT2D eigenvalue weighted by Crippen LogP contribution is 2.20. The Morgan fingerprint density at radius 3 is 2.94 bits per heavy atom. The fourth-order valence-corrected chi connectivity index (χ4v) is 2.09. The summed E-state index contributed by atoms with van der Waals surface area (Å²) in [5.74, 6) is 0.928. The number of aryl methyl sites for hydroxylation is 1. The van der Waals surface area contributed by atoms with Gasteiger partial charge in [0.15, 0.2) is 5.82 Å². The lowest BCUT2D eigenvalue weighted by molar-refractivity contribution is 0.716. The fraction of sp³-hybridized carbons (Fsp3) is 0.167. The summed E-state index contributed by atoms with van der Waals surface area (Å²) in [6.45, 7) is 0.710. The molecule has 5 heteroatoms. The Hall–Kier alpha value is -1.81. The summed E-state index contributed by atoms with van der Waals surface area (Å²) in [4.78, 5) is 0. The van der Waals surface area contributed by atoms with Gasteiger partial charge in [-0.05, 0) is 24.3 Å². The maximum atomic E-state index is 5.96. The van der Waals surface area contributed by atoms with Gasteiger partial charge in [-0.15, -0.1) is 10.2 Å². The van der Waals surface area contributed by atoms with Crippen molar-refractivity contribution in [2.75, 3.05) is 0 Å². The predicted molar refractivity (Wildman–Crippen MR) is 67.1 cm³/mol. The van der Waals surface area contributed by atoms with Crippen molar-refractivity contribution in [2.24, 2.45) is 7.05 Å². The second-order valence-corrected chi connectivity index (χ2v) is 4.44. The van der Waals surface area contributed by atoms with Gasteiger partial charge in [0, 0.05) is 29.2 Å². The number of hydrogen-bond acceptors (Lipinski definition) is 2. The molecule has 2 aromatic heterocycles. The van der Waals surface area contributed by atoms with E-state index in [9.17, 15) is 0 Å². The number of benzene rings is 1. The molecule has 1 aromatic carbocycles. The highest BCUT2D eigenvalue weighted by Gasteiger charge is 2.05. The summed E-state index contributed by atoms with van der Waals surface area (Å²) in [7, 11) is 1.94. The Bertz CT molecular complexity index is 668. The van der Waals surface area contributed by atoms with Crippen LogP contribution in [0.4, 0.5) is 0 Å². The first kappa shape index (κ1) is 10.4. The van der Waals surface area contributed by atoms with Crippen molar-refractivity contribution in [2.45, 2.75) is 6.54 Å². The molecule has 0 atom stereocenters. The maximum Gasteiger partial charge on any atom is 0.152 e. The van der Waals surface area contributed by atoms with Gasteiger partial charge in [-0.1, -0.05) is 11.6 Å². The van der Waals surface area contributed by atoms with Crippen LogP contribution in [0.5, 0.6) is 0 Å².